The fourth-order valence-corrected chi connectivity index (χ4v) is 4.29. The zero-order chi connectivity index (χ0) is 17.8. The molecule has 2 aromatic rings. The van der Waals surface area contributed by atoms with Crippen molar-refractivity contribution in [3.63, 3.8) is 0 Å². The molecule has 3 heterocycles. The molecular formula is C17H24Cl2IN5S. The third-order valence-electron chi connectivity index (χ3n) is 4.48. The van der Waals surface area contributed by atoms with Gasteiger partial charge in [0.05, 0.1) is 11.6 Å². The predicted octanol–water partition coefficient (Wildman–Crippen LogP) is 3.73. The molecule has 3 rings (SSSR count). The summed E-state index contributed by atoms with van der Waals surface area (Å²) >= 11 is 14.0. The van der Waals surface area contributed by atoms with Crippen LogP contribution in [0.15, 0.2) is 22.5 Å². The summed E-state index contributed by atoms with van der Waals surface area (Å²) < 4.78 is 1.87. The molecule has 144 valence electrons. The van der Waals surface area contributed by atoms with E-state index in [1.165, 1.54) is 5.56 Å². The number of hydrogen-bond donors (Lipinski definition) is 2. The highest BCUT2D eigenvalue weighted by molar-refractivity contribution is 14.0. The summed E-state index contributed by atoms with van der Waals surface area (Å²) in [6, 6.07) is 4.12. The molecule has 0 unspecified atom stereocenters. The Hall–Kier alpha value is -0.480. The zero-order valence-electron chi connectivity index (χ0n) is 14.9. The molecule has 2 N–H and O–H groups in total. The van der Waals surface area contributed by atoms with Crippen molar-refractivity contribution in [3.8, 4) is 0 Å². The van der Waals surface area contributed by atoms with Gasteiger partial charge in [0.2, 0.25) is 0 Å². The number of guanidine groups is 1. The Balaban J connectivity index is 0.00000243. The van der Waals surface area contributed by atoms with Crippen molar-refractivity contribution in [1.29, 1.82) is 0 Å². The summed E-state index contributed by atoms with van der Waals surface area (Å²) in [4.78, 5) is 8.30. The monoisotopic (exact) mass is 527 g/mol. The third kappa shape index (κ3) is 5.28. The van der Waals surface area contributed by atoms with Crippen molar-refractivity contribution in [2.75, 3.05) is 26.7 Å². The quantitative estimate of drug-likeness (QED) is 0.354. The lowest BCUT2D eigenvalue weighted by Gasteiger charge is -2.27. The van der Waals surface area contributed by atoms with Gasteiger partial charge in [-0.1, -0.05) is 23.2 Å². The molecule has 2 aromatic heterocycles. The second-order valence-electron chi connectivity index (χ2n) is 6.08. The molecule has 9 heteroatoms. The van der Waals surface area contributed by atoms with Gasteiger partial charge in [0.1, 0.15) is 5.15 Å². The van der Waals surface area contributed by atoms with E-state index in [0.717, 1.165) is 44.3 Å². The van der Waals surface area contributed by atoms with Crippen molar-refractivity contribution in [2.24, 2.45) is 12.0 Å². The van der Waals surface area contributed by atoms with Gasteiger partial charge in [0, 0.05) is 50.8 Å². The summed E-state index contributed by atoms with van der Waals surface area (Å²) in [7, 11) is 3.68. The maximum absolute atomic E-state index is 6.10. The molecular weight excluding hydrogens is 504 g/mol. The molecule has 0 bridgehead atoms. The molecule has 0 fully saturated rings. The molecule has 0 atom stereocenters. The lowest BCUT2D eigenvalue weighted by Crippen LogP contribution is -2.42. The molecule has 0 amide bonds. The van der Waals surface area contributed by atoms with Gasteiger partial charge in [-0.05, 0) is 29.5 Å². The van der Waals surface area contributed by atoms with Crippen LogP contribution in [0.4, 0.5) is 0 Å². The van der Waals surface area contributed by atoms with Crippen LogP contribution < -0.4 is 10.6 Å². The first-order valence-electron chi connectivity index (χ1n) is 8.30. The van der Waals surface area contributed by atoms with Crippen LogP contribution in [0.2, 0.25) is 10.2 Å². The van der Waals surface area contributed by atoms with Crippen molar-refractivity contribution in [3.05, 3.63) is 43.8 Å². The van der Waals surface area contributed by atoms with E-state index < -0.39 is 0 Å². The summed E-state index contributed by atoms with van der Waals surface area (Å²) in [5.74, 6) is 0.779. The molecule has 0 spiro atoms. The van der Waals surface area contributed by atoms with Gasteiger partial charge in [-0.15, -0.1) is 35.3 Å². The number of thiophene rings is 1. The maximum atomic E-state index is 6.10. The minimum atomic E-state index is 0. The van der Waals surface area contributed by atoms with Crippen LogP contribution in [0.5, 0.6) is 0 Å². The largest absolute Gasteiger partial charge is 0.355 e. The summed E-state index contributed by atoms with van der Waals surface area (Å²) in [5, 5.41) is 9.99. The number of hydrogen-bond acceptors (Lipinski definition) is 3. The van der Waals surface area contributed by atoms with E-state index in [0.29, 0.717) is 16.7 Å². The van der Waals surface area contributed by atoms with Crippen molar-refractivity contribution in [1.82, 2.24) is 20.1 Å². The fourth-order valence-electron chi connectivity index (χ4n) is 2.98. The number of nitrogens with one attached hydrogen (secondary N) is 2. The molecule has 0 aliphatic carbocycles. The third-order valence-corrected chi connectivity index (χ3v) is 6.35. The van der Waals surface area contributed by atoms with E-state index in [4.69, 9.17) is 23.2 Å². The first kappa shape index (κ1) is 21.8. The molecule has 0 radical (unpaired) electrons. The Morgan fingerprint density at radius 1 is 1.35 bits per heavy atom. The number of fused-ring (bicyclic) bond motifs is 1. The average molecular weight is 528 g/mol. The predicted molar refractivity (Wildman–Crippen MR) is 122 cm³/mol. The van der Waals surface area contributed by atoms with Gasteiger partial charge in [0.25, 0.3) is 0 Å². The number of nitrogens with zero attached hydrogens (tertiary/aromatic N) is 3. The lowest BCUT2D eigenvalue weighted by molar-refractivity contribution is 0.260. The van der Waals surface area contributed by atoms with E-state index in [1.54, 1.807) is 11.9 Å². The highest BCUT2D eigenvalue weighted by atomic mass is 127. The summed E-state index contributed by atoms with van der Waals surface area (Å²) in [5.41, 5.74) is 2.50. The van der Waals surface area contributed by atoms with Crippen LogP contribution in [-0.4, -0.2) is 42.1 Å². The van der Waals surface area contributed by atoms with Crippen molar-refractivity contribution in [2.45, 2.75) is 19.5 Å². The number of aliphatic imine (C=N–C) groups is 1. The van der Waals surface area contributed by atoms with Crippen LogP contribution in [0.3, 0.4) is 0 Å². The first-order valence-corrected chi connectivity index (χ1v) is 9.93. The normalized spacial score (nSPS) is 14.7. The molecule has 0 saturated carbocycles. The topological polar surface area (TPSA) is 44.6 Å². The van der Waals surface area contributed by atoms with Gasteiger partial charge < -0.3 is 15.2 Å². The number of aromatic nitrogens is 1. The van der Waals surface area contributed by atoms with Gasteiger partial charge >= 0.3 is 0 Å². The van der Waals surface area contributed by atoms with E-state index in [-0.39, 0.29) is 24.0 Å². The lowest BCUT2D eigenvalue weighted by atomic mass is 10.1. The van der Waals surface area contributed by atoms with E-state index in [2.05, 4.69) is 32.0 Å². The van der Waals surface area contributed by atoms with E-state index in [1.807, 2.05) is 29.0 Å². The van der Waals surface area contributed by atoms with Crippen LogP contribution in [-0.2, 0) is 26.6 Å². The highest BCUT2D eigenvalue weighted by Crippen LogP contribution is 2.25. The molecule has 0 saturated heterocycles. The fraction of sp³-hybridized carbons (Fsp3) is 0.471. The standard InChI is InChI=1S/C17H23Cl2N5S.HI/c1-20-17(22-10-13-9-14(18)16(19)23(13)2)21-5-7-24-6-3-15-12(11-24)4-8-25-15;/h4,8-9H,3,5-7,10-11H2,1-2H3,(H2,20,21,22);1H. The molecule has 26 heavy (non-hydrogen) atoms. The van der Waals surface area contributed by atoms with Gasteiger partial charge in [-0.25, -0.2) is 0 Å². The Morgan fingerprint density at radius 2 is 2.15 bits per heavy atom. The number of rotatable bonds is 5. The Labute approximate surface area is 185 Å². The second-order valence-corrected chi connectivity index (χ2v) is 7.85. The maximum Gasteiger partial charge on any atom is 0.191 e. The first-order chi connectivity index (χ1) is 12.1. The van der Waals surface area contributed by atoms with Crippen LogP contribution in [0.25, 0.3) is 0 Å². The molecule has 5 nitrogen and oxygen atoms in total. The van der Waals surface area contributed by atoms with E-state index in [9.17, 15) is 0 Å². The molecule has 1 aliphatic heterocycles. The highest BCUT2D eigenvalue weighted by Gasteiger charge is 2.16. The van der Waals surface area contributed by atoms with Crippen LogP contribution in [0.1, 0.15) is 16.1 Å². The minimum absolute atomic E-state index is 0. The average Bonchev–Trinajstić information content (AvgIpc) is 3.18. The van der Waals surface area contributed by atoms with Crippen LogP contribution in [0, 0.1) is 0 Å². The zero-order valence-corrected chi connectivity index (χ0v) is 19.5. The van der Waals surface area contributed by atoms with Gasteiger partial charge in [-0.3, -0.25) is 9.89 Å². The number of halogens is 3. The van der Waals surface area contributed by atoms with Crippen LogP contribution >= 0.6 is 58.5 Å². The SMILES string of the molecule is CN=C(NCCN1CCc2sccc2C1)NCc1cc(Cl)c(Cl)n1C.I. The van der Waals surface area contributed by atoms with Crippen molar-refractivity contribution >= 4 is 64.5 Å². The Morgan fingerprint density at radius 3 is 2.85 bits per heavy atom. The summed E-state index contributed by atoms with van der Waals surface area (Å²) in [6.07, 6.45) is 1.16. The smallest absolute Gasteiger partial charge is 0.191 e. The van der Waals surface area contributed by atoms with Gasteiger partial charge in [0.15, 0.2) is 5.96 Å². The summed E-state index contributed by atoms with van der Waals surface area (Å²) in [6.45, 7) is 4.64. The minimum Gasteiger partial charge on any atom is -0.355 e. The molecule has 0 aromatic carbocycles. The van der Waals surface area contributed by atoms with Gasteiger partial charge in [-0.2, -0.15) is 0 Å². The Kier molecular flexibility index (Phi) is 8.53. The van der Waals surface area contributed by atoms with E-state index >= 15 is 0 Å². The second kappa shape index (κ2) is 10.2. The molecule has 1 aliphatic rings. The Bertz CT molecular complexity index is 758. The van der Waals surface area contributed by atoms with Crippen molar-refractivity contribution < 1.29 is 0 Å².